The van der Waals surface area contributed by atoms with Gasteiger partial charge >= 0.3 is 14.2 Å². The van der Waals surface area contributed by atoms with Crippen LogP contribution < -0.4 is 10.4 Å². The molecule has 6 rings (SSSR count). The van der Waals surface area contributed by atoms with Crippen LogP contribution in [0.15, 0.2) is 84.1 Å². The van der Waals surface area contributed by atoms with Crippen LogP contribution in [0, 0.1) is 17.8 Å². The molecule has 44 heavy (non-hydrogen) atoms. The van der Waals surface area contributed by atoms with Crippen molar-refractivity contribution in [3.8, 4) is 5.75 Å². The Labute approximate surface area is 255 Å². The normalized spacial score (nSPS) is 23.6. The van der Waals surface area contributed by atoms with Gasteiger partial charge in [-0.15, -0.1) is 0 Å². The number of hydrogen-bond acceptors (Lipinski definition) is 9. The van der Waals surface area contributed by atoms with E-state index in [-0.39, 0.29) is 36.2 Å². The summed E-state index contributed by atoms with van der Waals surface area (Å²) in [6.07, 6.45) is 4.28. The molecule has 224 valence electrons. The number of amides is 2. The first-order valence-corrected chi connectivity index (χ1v) is 14.7. The van der Waals surface area contributed by atoms with E-state index >= 15 is 0 Å². The van der Waals surface area contributed by atoms with Crippen LogP contribution in [0.25, 0.3) is 11.6 Å². The molecule has 2 saturated heterocycles. The SMILES string of the molecule is O=C1[C@@H]2[C@@H](CC(CO)=C3[C@@H](CC/C(=C/c4ccc(O)cc4)c4ccccn4)OB(O)C[C@@H]32)C(=O)N1c1cccc(B(O)O)c1. The smallest absolute Gasteiger partial charge is 0.488 e. The second-order valence-corrected chi connectivity index (χ2v) is 11.5. The lowest BCUT2D eigenvalue weighted by Gasteiger charge is -2.42. The van der Waals surface area contributed by atoms with Gasteiger partial charge in [0.2, 0.25) is 11.8 Å². The molecule has 1 aliphatic carbocycles. The number of rotatable bonds is 8. The number of nitrogens with zero attached hydrogens (tertiary/aromatic N) is 2. The van der Waals surface area contributed by atoms with E-state index in [1.165, 1.54) is 12.1 Å². The fraction of sp³-hybridized carbons (Fsp3) is 0.281. The van der Waals surface area contributed by atoms with Gasteiger partial charge in [0.1, 0.15) is 5.75 Å². The van der Waals surface area contributed by atoms with E-state index in [2.05, 4.69) is 4.98 Å². The third-order valence-corrected chi connectivity index (χ3v) is 8.83. The minimum atomic E-state index is -1.76. The van der Waals surface area contributed by atoms with Crippen LogP contribution in [-0.2, 0) is 14.2 Å². The summed E-state index contributed by atoms with van der Waals surface area (Å²) < 4.78 is 6.04. The topological polar surface area (TPSA) is 161 Å². The number of carbonyl (C=O) groups is 2. The zero-order valence-electron chi connectivity index (χ0n) is 23.9. The molecule has 3 heterocycles. The fourth-order valence-electron chi connectivity index (χ4n) is 6.87. The van der Waals surface area contributed by atoms with Gasteiger partial charge in [-0.3, -0.25) is 19.5 Å². The molecule has 5 N–H and O–H groups in total. The van der Waals surface area contributed by atoms with Crippen LogP contribution in [0.1, 0.15) is 30.5 Å². The minimum Gasteiger partial charge on any atom is -0.508 e. The highest BCUT2D eigenvalue weighted by molar-refractivity contribution is 6.58. The van der Waals surface area contributed by atoms with E-state index in [4.69, 9.17) is 4.65 Å². The molecule has 0 bridgehead atoms. The molecular formula is C32H32B2N2O8. The Morgan fingerprint density at radius 2 is 1.84 bits per heavy atom. The van der Waals surface area contributed by atoms with Crippen molar-refractivity contribution >= 4 is 48.9 Å². The molecule has 1 aromatic heterocycles. The molecule has 10 nitrogen and oxygen atoms in total. The number of fused-ring (bicyclic) bond motifs is 3. The van der Waals surface area contributed by atoms with Crippen LogP contribution in [0.5, 0.6) is 5.75 Å². The number of aliphatic hydroxyl groups is 1. The van der Waals surface area contributed by atoms with E-state index < -0.39 is 49.9 Å². The van der Waals surface area contributed by atoms with E-state index in [9.17, 15) is 34.9 Å². The van der Waals surface area contributed by atoms with Gasteiger partial charge in [0.25, 0.3) is 0 Å². The molecule has 2 aliphatic heterocycles. The van der Waals surface area contributed by atoms with Gasteiger partial charge in [-0.2, -0.15) is 0 Å². The van der Waals surface area contributed by atoms with Crippen LogP contribution >= 0.6 is 0 Å². The molecule has 0 unspecified atom stereocenters. The molecule has 12 heteroatoms. The van der Waals surface area contributed by atoms with E-state index in [1.54, 1.807) is 42.6 Å². The highest BCUT2D eigenvalue weighted by atomic mass is 16.5. The van der Waals surface area contributed by atoms with Crippen molar-refractivity contribution in [3.05, 3.63) is 95.3 Å². The molecule has 2 amide bonds. The maximum absolute atomic E-state index is 13.9. The molecule has 3 aromatic rings. The molecule has 4 atom stereocenters. The van der Waals surface area contributed by atoms with Crippen molar-refractivity contribution in [1.82, 2.24) is 4.98 Å². The average Bonchev–Trinajstić information content (AvgIpc) is 3.28. The largest absolute Gasteiger partial charge is 0.508 e. The lowest BCUT2D eigenvalue weighted by Crippen LogP contribution is -2.46. The Kier molecular flexibility index (Phi) is 8.53. The molecule has 0 spiro atoms. The van der Waals surface area contributed by atoms with E-state index in [1.807, 2.05) is 24.3 Å². The maximum atomic E-state index is 13.9. The molecule has 0 saturated carbocycles. The summed E-state index contributed by atoms with van der Waals surface area (Å²) >= 11 is 0. The Morgan fingerprint density at radius 1 is 1.05 bits per heavy atom. The molecule has 2 fully saturated rings. The summed E-state index contributed by atoms with van der Waals surface area (Å²) in [6.45, 7) is -0.310. The minimum absolute atomic E-state index is 0.106. The Morgan fingerprint density at radius 3 is 2.55 bits per heavy atom. The molecule has 2 aromatic carbocycles. The summed E-state index contributed by atoms with van der Waals surface area (Å²) in [5.41, 5.74) is 4.32. The van der Waals surface area contributed by atoms with Crippen molar-refractivity contribution < 1.29 is 39.5 Å². The van der Waals surface area contributed by atoms with Crippen LogP contribution in [-0.4, -0.2) is 69.0 Å². The Hall–Kier alpha value is -4.06. The lowest BCUT2D eigenvalue weighted by molar-refractivity contribution is -0.122. The first-order valence-electron chi connectivity index (χ1n) is 14.7. The molecule has 0 radical (unpaired) electrons. The number of pyridine rings is 1. The number of carbonyl (C=O) groups excluding carboxylic acids is 2. The number of imide groups is 1. The monoisotopic (exact) mass is 594 g/mol. The zero-order valence-corrected chi connectivity index (χ0v) is 23.9. The van der Waals surface area contributed by atoms with E-state index in [0.717, 1.165) is 27.3 Å². The van der Waals surface area contributed by atoms with Gasteiger partial charge in [-0.05, 0) is 102 Å². The summed E-state index contributed by atoms with van der Waals surface area (Å²) in [7, 11) is -2.93. The highest BCUT2D eigenvalue weighted by Gasteiger charge is 2.57. The quantitative estimate of drug-likeness (QED) is 0.149. The third kappa shape index (κ3) is 5.74. The van der Waals surface area contributed by atoms with Crippen molar-refractivity contribution in [1.29, 1.82) is 0 Å². The van der Waals surface area contributed by atoms with Crippen LogP contribution in [0.3, 0.4) is 0 Å². The second kappa shape index (κ2) is 12.5. The van der Waals surface area contributed by atoms with Gasteiger partial charge in [-0.1, -0.05) is 30.3 Å². The predicted octanol–water partition coefficient (Wildman–Crippen LogP) is 1.78. The summed E-state index contributed by atoms with van der Waals surface area (Å²) in [4.78, 5) is 33.2. The van der Waals surface area contributed by atoms with Gasteiger partial charge in [0.15, 0.2) is 0 Å². The van der Waals surface area contributed by atoms with Crippen molar-refractivity contribution in [3.63, 3.8) is 0 Å². The number of hydrogen-bond donors (Lipinski definition) is 5. The number of aromatic nitrogens is 1. The first-order chi connectivity index (χ1) is 21.2. The maximum Gasteiger partial charge on any atom is 0.488 e. The van der Waals surface area contributed by atoms with Crippen LogP contribution in [0.4, 0.5) is 5.69 Å². The number of aliphatic hydroxyl groups excluding tert-OH is 1. The third-order valence-electron chi connectivity index (χ3n) is 8.83. The standard InChI is InChI=1S/C32H32B2N2O8/c37-18-21-15-25-30(32(40)36(31(25)39)23-5-3-4-22(16-23)34(42)43)26-17-33(41)44-28(29(21)26)12-9-20(27-6-1-2-13-35-27)14-19-7-10-24(38)11-8-19/h1-8,10-11,13-14,16,25-26,28,30,37-38,41-43H,9,12,15,17-18H2/b20-14-/t25-,26+,28-,30-/m1/s1. The van der Waals surface area contributed by atoms with Gasteiger partial charge < -0.3 is 29.9 Å². The predicted molar refractivity (Wildman–Crippen MR) is 165 cm³/mol. The number of phenolic OH excluding ortho intramolecular Hbond substituents is 1. The highest BCUT2D eigenvalue weighted by Crippen LogP contribution is 2.51. The zero-order chi connectivity index (χ0) is 31.0. The van der Waals surface area contributed by atoms with Gasteiger partial charge in [0, 0.05) is 6.20 Å². The first kappa shape index (κ1) is 30.0. The number of aromatic hydroxyl groups is 1. The average molecular weight is 594 g/mol. The van der Waals surface area contributed by atoms with Crippen molar-refractivity contribution in [2.45, 2.75) is 31.7 Å². The Balaban J connectivity index is 1.31. The van der Waals surface area contributed by atoms with Crippen molar-refractivity contribution in [2.75, 3.05) is 11.5 Å². The number of anilines is 1. The fourth-order valence-corrected chi connectivity index (χ4v) is 6.87. The molecule has 3 aliphatic rings. The summed E-state index contributed by atoms with van der Waals surface area (Å²) in [5, 5.41) is 50.3. The Bertz CT molecular complexity index is 1610. The van der Waals surface area contributed by atoms with Gasteiger partial charge in [0.05, 0.1) is 35.9 Å². The van der Waals surface area contributed by atoms with E-state index in [0.29, 0.717) is 18.4 Å². The van der Waals surface area contributed by atoms with Crippen LogP contribution in [0.2, 0.25) is 6.32 Å². The van der Waals surface area contributed by atoms with Gasteiger partial charge in [-0.25, -0.2) is 0 Å². The summed E-state index contributed by atoms with van der Waals surface area (Å²) in [5.74, 6) is -2.66. The number of benzene rings is 2. The molecular weight excluding hydrogens is 562 g/mol. The second-order valence-electron chi connectivity index (χ2n) is 11.5. The summed E-state index contributed by atoms with van der Waals surface area (Å²) in [6, 6.07) is 18.4. The number of phenols is 1. The number of allylic oxidation sites excluding steroid dienone is 1. The van der Waals surface area contributed by atoms with Crippen molar-refractivity contribution in [2.24, 2.45) is 17.8 Å². The lowest BCUT2D eigenvalue weighted by atomic mass is 9.58.